The van der Waals surface area contributed by atoms with Gasteiger partial charge in [0.2, 0.25) is 5.91 Å². The summed E-state index contributed by atoms with van der Waals surface area (Å²) in [6.07, 6.45) is 3.74. The van der Waals surface area contributed by atoms with Gasteiger partial charge in [0.15, 0.2) is 0 Å². The van der Waals surface area contributed by atoms with Gasteiger partial charge in [-0.2, -0.15) is 0 Å². The van der Waals surface area contributed by atoms with Gasteiger partial charge in [0, 0.05) is 26.7 Å². The predicted molar refractivity (Wildman–Crippen MR) is 64.5 cm³/mol. The Kier molecular flexibility index (Phi) is 6.35. The summed E-state index contributed by atoms with van der Waals surface area (Å²) in [6.45, 7) is 1.18. The number of nitrogens with one attached hydrogen (secondary N) is 1. The molecule has 1 atom stereocenters. The minimum absolute atomic E-state index is 0.118. The van der Waals surface area contributed by atoms with E-state index in [0.29, 0.717) is 26.0 Å². The van der Waals surface area contributed by atoms with Gasteiger partial charge < -0.3 is 20.2 Å². The molecule has 1 aromatic rings. The van der Waals surface area contributed by atoms with E-state index in [2.05, 4.69) is 5.32 Å². The molecule has 3 N–H and O–H groups in total. The fourth-order valence-corrected chi connectivity index (χ4v) is 1.47. The number of ether oxygens (including phenoxy) is 1. The second kappa shape index (κ2) is 7.86. The summed E-state index contributed by atoms with van der Waals surface area (Å²) in [5.41, 5.74) is 5.73. The molecular weight excluding hydrogens is 220 g/mol. The first-order valence-corrected chi connectivity index (χ1v) is 5.78. The normalized spacial score (nSPS) is 12.4. The van der Waals surface area contributed by atoms with Crippen molar-refractivity contribution >= 4 is 5.91 Å². The van der Waals surface area contributed by atoms with Crippen LogP contribution in [0.3, 0.4) is 0 Å². The zero-order valence-electron chi connectivity index (χ0n) is 10.1. The average Bonchev–Trinajstić information content (AvgIpc) is 2.82. The number of carbonyl (C=O) groups excluding carboxylic acids is 1. The van der Waals surface area contributed by atoms with Crippen molar-refractivity contribution in [3.05, 3.63) is 24.2 Å². The molecule has 0 radical (unpaired) electrons. The minimum atomic E-state index is -0.457. The molecule has 17 heavy (non-hydrogen) atoms. The van der Waals surface area contributed by atoms with Crippen molar-refractivity contribution in [3.8, 4) is 0 Å². The first kappa shape index (κ1) is 13.7. The van der Waals surface area contributed by atoms with E-state index in [0.717, 1.165) is 12.2 Å². The molecule has 5 nitrogen and oxygen atoms in total. The van der Waals surface area contributed by atoms with Crippen LogP contribution in [-0.4, -0.2) is 32.2 Å². The number of hydrogen-bond acceptors (Lipinski definition) is 4. The summed E-state index contributed by atoms with van der Waals surface area (Å²) in [5, 5.41) is 2.78. The first-order chi connectivity index (χ1) is 8.24. The maximum atomic E-state index is 11.6. The predicted octanol–water partition coefficient (Wildman–Crippen LogP) is 0.692. The van der Waals surface area contributed by atoms with Crippen LogP contribution in [-0.2, 0) is 16.0 Å². The molecular formula is C12H20N2O3. The lowest BCUT2D eigenvalue weighted by molar-refractivity contribution is -0.122. The number of carbonyl (C=O) groups is 1. The highest BCUT2D eigenvalue weighted by atomic mass is 16.5. The molecule has 1 heterocycles. The van der Waals surface area contributed by atoms with E-state index in [-0.39, 0.29) is 5.91 Å². The van der Waals surface area contributed by atoms with Crippen molar-refractivity contribution in [3.63, 3.8) is 0 Å². The Morgan fingerprint density at radius 1 is 1.65 bits per heavy atom. The third kappa shape index (κ3) is 5.51. The van der Waals surface area contributed by atoms with Gasteiger partial charge in [-0.25, -0.2) is 0 Å². The molecule has 0 aliphatic carbocycles. The average molecular weight is 240 g/mol. The molecule has 0 spiro atoms. The third-order valence-corrected chi connectivity index (χ3v) is 2.45. The molecule has 0 aliphatic rings. The fourth-order valence-electron chi connectivity index (χ4n) is 1.47. The number of furan rings is 1. The lowest BCUT2D eigenvalue weighted by atomic mass is 10.1. The lowest BCUT2D eigenvalue weighted by Gasteiger charge is -2.11. The standard InChI is InChI=1S/C12H20N2O3/c1-16-8-3-5-11(13)12(15)14-7-6-10-4-2-9-17-10/h2,4,9,11H,3,5-8,13H2,1H3,(H,14,15). The maximum Gasteiger partial charge on any atom is 0.236 e. The quantitative estimate of drug-likeness (QED) is 0.655. The van der Waals surface area contributed by atoms with E-state index >= 15 is 0 Å². The molecule has 1 unspecified atom stereocenters. The number of hydrogen-bond donors (Lipinski definition) is 2. The largest absolute Gasteiger partial charge is 0.469 e. The van der Waals surface area contributed by atoms with Crippen LogP contribution >= 0.6 is 0 Å². The summed E-state index contributed by atoms with van der Waals surface area (Å²) in [5.74, 6) is 0.742. The van der Waals surface area contributed by atoms with Crippen LogP contribution in [0.1, 0.15) is 18.6 Å². The van der Waals surface area contributed by atoms with Crippen LogP contribution in [0.2, 0.25) is 0 Å². The zero-order chi connectivity index (χ0) is 12.5. The Hall–Kier alpha value is -1.33. The highest BCUT2D eigenvalue weighted by molar-refractivity contribution is 5.81. The summed E-state index contributed by atoms with van der Waals surface area (Å²) in [4.78, 5) is 11.6. The summed E-state index contributed by atoms with van der Waals surface area (Å²) in [7, 11) is 1.63. The second-order valence-electron chi connectivity index (χ2n) is 3.86. The molecule has 96 valence electrons. The van der Waals surface area contributed by atoms with Crippen molar-refractivity contribution in [2.24, 2.45) is 5.73 Å². The van der Waals surface area contributed by atoms with E-state index < -0.39 is 6.04 Å². The molecule has 1 rings (SSSR count). The topological polar surface area (TPSA) is 77.5 Å². The van der Waals surface area contributed by atoms with Crippen molar-refractivity contribution in [1.82, 2.24) is 5.32 Å². The number of nitrogens with two attached hydrogens (primary N) is 1. The molecule has 0 aromatic carbocycles. The molecule has 0 aliphatic heterocycles. The Morgan fingerprint density at radius 2 is 2.47 bits per heavy atom. The van der Waals surface area contributed by atoms with Crippen LogP contribution in [0.15, 0.2) is 22.8 Å². The van der Waals surface area contributed by atoms with E-state index in [9.17, 15) is 4.79 Å². The van der Waals surface area contributed by atoms with Gasteiger partial charge in [-0.05, 0) is 25.0 Å². The molecule has 0 saturated carbocycles. The van der Waals surface area contributed by atoms with Gasteiger partial charge in [0.05, 0.1) is 12.3 Å². The van der Waals surface area contributed by atoms with Gasteiger partial charge in [0.1, 0.15) is 5.76 Å². The van der Waals surface area contributed by atoms with E-state index in [1.807, 2.05) is 12.1 Å². The van der Waals surface area contributed by atoms with Gasteiger partial charge in [-0.3, -0.25) is 4.79 Å². The van der Waals surface area contributed by atoms with E-state index in [1.165, 1.54) is 0 Å². The smallest absolute Gasteiger partial charge is 0.236 e. The summed E-state index contributed by atoms with van der Waals surface area (Å²) >= 11 is 0. The van der Waals surface area contributed by atoms with Crippen LogP contribution in [0.5, 0.6) is 0 Å². The van der Waals surface area contributed by atoms with Gasteiger partial charge in [-0.15, -0.1) is 0 Å². The van der Waals surface area contributed by atoms with Gasteiger partial charge in [-0.1, -0.05) is 0 Å². The van der Waals surface area contributed by atoms with Crippen LogP contribution in [0, 0.1) is 0 Å². The highest BCUT2D eigenvalue weighted by Crippen LogP contribution is 2.00. The van der Waals surface area contributed by atoms with Crippen LogP contribution < -0.4 is 11.1 Å². The van der Waals surface area contributed by atoms with Crippen LogP contribution in [0.4, 0.5) is 0 Å². The Balaban J connectivity index is 2.11. The Morgan fingerprint density at radius 3 is 3.12 bits per heavy atom. The molecule has 1 amide bonds. The number of amides is 1. The zero-order valence-corrected chi connectivity index (χ0v) is 10.1. The molecule has 1 aromatic heterocycles. The molecule has 0 fully saturated rings. The number of methoxy groups -OCH3 is 1. The van der Waals surface area contributed by atoms with Crippen LogP contribution in [0.25, 0.3) is 0 Å². The second-order valence-corrected chi connectivity index (χ2v) is 3.86. The Labute approximate surface area is 101 Å². The third-order valence-electron chi connectivity index (χ3n) is 2.45. The van der Waals surface area contributed by atoms with Gasteiger partial charge in [0.25, 0.3) is 0 Å². The summed E-state index contributed by atoms with van der Waals surface area (Å²) in [6, 6.07) is 3.25. The molecule has 0 bridgehead atoms. The SMILES string of the molecule is COCCCC(N)C(=O)NCCc1ccco1. The first-order valence-electron chi connectivity index (χ1n) is 5.78. The van der Waals surface area contributed by atoms with Gasteiger partial charge >= 0.3 is 0 Å². The van der Waals surface area contributed by atoms with E-state index in [1.54, 1.807) is 13.4 Å². The highest BCUT2D eigenvalue weighted by Gasteiger charge is 2.12. The Bertz CT molecular complexity index is 312. The molecule has 0 saturated heterocycles. The van der Waals surface area contributed by atoms with Crippen molar-refractivity contribution in [1.29, 1.82) is 0 Å². The van der Waals surface area contributed by atoms with Crippen molar-refractivity contribution in [2.75, 3.05) is 20.3 Å². The molecule has 5 heteroatoms. The fraction of sp³-hybridized carbons (Fsp3) is 0.583. The van der Waals surface area contributed by atoms with E-state index in [4.69, 9.17) is 14.9 Å². The van der Waals surface area contributed by atoms with Crippen molar-refractivity contribution < 1.29 is 13.9 Å². The lowest BCUT2D eigenvalue weighted by Crippen LogP contribution is -2.41. The minimum Gasteiger partial charge on any atom is -0.469 e. The number of rotatable bonds is 8. The monoisotopic (exact) mass is 240 g/mol. The maximum absolute atomic E-state index is 11.6. The van der Waals surface area contributed by atoms with Crippen molar-refractivity contribution in [2.45, 2.75) is 25.3 Å². The summed E-state index contributed by atoms with van der Waals surface area (Å²) < 4.78 is 10.1.